The van der Waals surface area contributed by atoms with Gasteiger partial charge in [-0.3, -0.25) is 4.90 Å². The van der Waals surface area contributed by atoms with E-state index in [2.05, 4.69) is 5.16 Å². The summed E-state index contributed by atoms with van der Waals surface area (Å²) in [6, 6.07) is 0. The molecule has 1 fully saturated rings. The summed E-state index contributed by atoms with van der Waals surface area (Å²) in [5, 5.41) is 11.1. The molecule has 1 aliphatic heterocycles. The molecule has 1 unspecified atom stereocenters. The van der Waals surface area contributed by atoms with Crippen LogP contribution in [-0.2, 0) is 4.74 Å². The lowest BCUT2D eigenvalue weighted by molar-refractivity contribution is -0.150. The second-order valence-corrected chi connectivity index (χ2v) is 3.68. The SMILES string of the molecule is NC(=NO)C1CN(CC(F)(F)C(F)F)CCO1. The standard InChI is InChI=1S/C8H13F4N3O2/c9-7(10)8(11,12)4-15-1-2-17-5(3-15)6(13)14-16/h5,7,16H,1-4H2,(H2,13,14). The molecule has 1 rings (SSSR count). The first-order chi connectivity index (χ1) is 7.86. The molecule has 1 aliphatic rings. The smallest absolute Gasteiger partial charge is 0.319 e. The van der Waals surface area contributed by atoms with E-state index in [9.17, 15) is 17.6 Å². The van der Waals surface area contributed by atoms with E-state index < -0.39 is 25.0 Å². The van der Waals surface area contributed by atoms with Crippen molar-refractivity contribution in [1.82, 2.24) is 4.90 Å². The number of alkyl halides is 4. The Bertz CT molecular complexity index is 288. The number of ether oxygens (including phenoxy) is 1. The fourth-order valence-electron chi connectivity index (χ4n) is 1.46. The van der Waals surface area contributed by atoms with Crippen molar-refractivity contribution in [2.75, 3.05) is 26.2 Å². The molecule has 0 aromatic carbocycles. The van der Waals surface area contributed by atoms with Gasteiger partial charge in [0, 0.05) is 13.1 Å². The van der Waals surface area contributed by atoms with Gasteiger partial charge in [0.1, 0.15) is 6.10 Å². The number of oxime groups is 1. The van der Waals surface area contributed by atoms with Gasteiger partial charge in [-0.05, 0) is 0 Å². The van der Waals surface area contributed by atoms with E-state index in [4.69, 9.17) is 15.7 Å². The molecule has 0 bridgehead atoms. The molecule has 3 N–H and O–H groups in total. The number of hydrogen-bond donors (Lipinski definition) is 2. The van der Waals surface area contributed by atoms with E-state index in [1.807, 2.05) is 0 Å². The summed E-state index contributed by atoms with van der Waals surface area (Å²) in [5.74, 6) is -4.34. The molecule has 0 saturated carbocycles. The molecule has 1 heterocycles. The van der Waals surface area contributed by atoms with Crippen molar-refractivity contribution < 1.29 is 27.5 Å². The Labute approximate surface area is 94.8 Å². The Kier molecular flexibility index (Phi) is 4.52. The minimum atomic E-state index is -4.08. The van der Waals surface area contributed by atoms with Crippen LogP contribution in [0.5, 0.6) is 0 Å². The van der Waals surface area contributed by atoms with Crippen LogP contribution in [0.1, 0.15) is 0 Å². The largest absolute Gasteiger partial charge is 0.409 e. The highest BCUT2D eigenvalue weighted by atomic mass is 19.3. The average Bonchev–Trinajstić information content (AvgIpc) is 2.27. The van der Waals surface area contributed by atoms with E-state index in [0.717, 1.165) is 4.90 Å². The lowest BCUT2D eigenvalue weighted by Gasteiger charge is -2.33. The number of amidine groups is 1. The van der Waals surface area contributed by atoms with E-state index >= 15 is 0 Å². The molecule has 0 aromatic rings. The zero-order valence-corrected chi connectivity index (χ0v) is 8.82. The van der Waals surface area contributed by atoms with Crippen LogP contribution >= 0.6 is 0 Å². The predicted octanol–water partition coefficient (Wildman–Crippen LogP) is 0.334. The average molecular weight is 259 g/mol. The number of nitrogens with zero attached hydrogens (tertiary/aromatic N) is 2. The van der Waals surface area contributed by atoms with Gasteiger partial charge >= 0.3 is 12.3 Å². The number of hydrogen-bond acceptors (Lipinski definition) is 4. The Morgan fingerprint density at radius 3 is 2.76 bits per heavy atom. The summed E-state index contributed by atoms with van der Waals surface area (Å²) < 4.78 is 54.6. The second kappa shape index (κ2) is 5.50. The molecule has 17 heavy (non-hydrogen) atoms. The zero-order chi connectivity index (χ0) is 13.1. The van der Waals surface area contributed by atoms with Gasteiger partial charge in [0.2, 0.25) is 0 Å². The monoisotopic (exact) mass is 259 g/mol. The highest BCUT2D eigenvalue weighted by molar-refractivity contribution is 5.84. The van der Waals surface area contributed by atoms with Crippen molar-refractivity contribution >= 4 is 5.84 Å². The molecule has 0 spiro atoms. The first kappa shape index (κ1) is 14.0. The van der Waals surface area contributed by atoms with Crippen LogP contribution in [0.4, 0.5) is 17.6 Å². The molecule has 1 atom stereocenters. The van der Waals surface area contributed by atoms with Crippen LogP contribution in [0, 0.1) is 0 Å². The zero-order valence-electron chi connectivity index (χ0n) is 8.82. The Hall–Kier alpha value is -1.09. The molecule has 0 radical (unpaired) electrons. The fraction of sp³-hybridized carbons (Fsp3) is 0.875. The van der Waals surface area contributed by atoms with E-state index in [0.29, 0.717) is 0 Å². The van der Waals surface area contributed by atoms with Crippen molar-refractivity contribution in [3.05, 3.63) is 0 Å². The molecular weight excluding hydrogens is 246 g/mol. The van der Waals surface area contributed by atoms with Gasteiger partial charge < -0.3 is 15.7 Å². The molecule has 100 valence electrons. The summed E-state index contributed by atoms with van der Waals surface area (Å²) in [6.07, 6.45) is -4.57. The molecule has 1 saturated heterocycles. The summed E-state index contributed by atoms with van der Waals surface area (Å²) in [4.78, 5) is 1.10. The summed E-state index contributed by atoms with van der Waals surface area (Å²) in [6.45, 7) is -1.04. The lowest BCUT2D eigenvalue weighted by atomic mass is 10.2. The summed E-state index contributed by atoms with van der Waals surface area (Å²) in [7, 11) is 0. The molecule has 5 nitrogen and oxygen atoms in total. The predicted molar refractivity (Wildman–Crippen MR) is 50.5 cm³/mol. The highest BCUT2D eigenvalue weighted by Crippen LogP contribution is 2.24. The van der Waals surface area contributed by atoms with Crippen molar-refractivity contribution in [2.24, 2.45) is 10.9 Å². The molecule has 0 aromatic heterocycles. The normalized spacial score (nSPS) is 24.3. The van der Waals surface area contributed by atoms with Crippen LogP contribution in [0.2, 0.25) is 0 Å². The molecule has 0 aliphatic carbocycles. The van der Waals surface area contributed by atoms with Crippen LogP contribution in [-0.4, -0.2) is 60.6 Å². The number of rotatable bonds is 4. The topological polar surface area (TPSA) is 71.1 Å². The van der Waals surface area contributed by atoms with E-state index in [1.54, 1.807) is 0 Å². The van der Waals surface area contributed by atoms with Gasteiger partial charge in [0.25, 0.3) is 0 Å². The minimum absolute atomic E-state index is 0.0558. The Morgan fingerprint density at radius 2 is 2.24 bits per heavy atom. The summed E-state index contributed by atoms with van der Waals surface area (Å²) >= 11 is 0. The van der Waals surface area contributed by atoms with Crippen molar-refractivity contribution in [2.45, 2.75) is 18.5 Å². The summed E-state index contributed by atoms with van der Waals surface area (Å²) in [5.41, 5.74) is 5.25. The highest BCUT2D eigenvalue weighted by Gasteiger charge is 2.43. The maximum absolute atomic E-state index is 12.8. The quantitative estimate of drug-likeness (QED) is 0.251. The first-order valence-electron chi connectivity index (χ1n) is 4.84. The van der Waals surface area contributed by atoms with Gasteiger partial charge in [-0.25, -0.2) is 8.78 Å². The molecule has 9 heteroatoms. The van der Waals surface area contributed by atoms with Gasteiger partial charge in [0.05, 0.1) is 13.2 Å². The van der Waals surface area contributed by atoms with E-state index in [-0.39, 0.29) is 25.5 Å². The third kappa shape index (κ3) is 3.70. The van der Waals surface area contributed by atoms with Gasteiger partial charge in [-0.15, -0.1) is 0 Å². The van der Waals surface area contributed by atoms with Gasteiger partial charge in [0.15, 0.2) is 5.84 Å². The van der Waals surface area contributed by atoms with Gasteiger partial charge in [-0.2, -0.15) is 8.78 Å². The van der Waals surface area contributed by atoms with Crippen molar-refractivity contribution in [3.8, 4) is 0 Å². The van der Waals surface area contributed by atoms with E-state index in [1.165, 1.54) is 0 Å². The van der Waals surface area contributed by atoms with Crippen molar-refractivity contribution in [3.63, 3.8) is 0 Å². The Morgan fingerprint density at radius 1 is 1.59 bits per heavy atom. The second-order valence-electron chi connectivity index (χ2n) is 3.68. The van der Waals surface area contributed by atoms with Gasteiger partial charge in [-0.1, -0.05) is 5.16 Å². The fourth-order valence-corrected chi connectivity index (χ4v) is 1.46. The number of morpholine rings is 1. The number of nitrogens with two attached hydrogens (primary N) is 1. The third-order valence-electron chi connectivity index (χ3n) is 2.35. The minimum Gasteiger partial charge on any atom is -0.409 e. The third-order valence-corrected chi connectivity index (χ3v) is 2.35. The maximum atomic E-state index is 12.8. The lowest BCUT2D eigenvalue weighted by Crippen LogP contribution is -2.52. The molecule has 0 amide bonds. The van der Waals surface area contributed by atoms with Crippen LogP contribution < -0.4 is 5.73 Å². The van der Waals surface area contributed by atoms with Crippen LogP contribution in [0.3, 0.4) is 0 Å². The molecular formula is C8H13F4N3O2. The van der Waals surface area contributed by atoms with Crippen LogP contribution in [0.25, 0.3) is 0 Å². The van der Waals surface area contributed by atoms with Crippen LogP contribution in [0.15, 0.2) is 5.16 Å². The van der Waals surface area contributed by atoms with Crippen molar-refractivity contribution in [1.29, 1.82) is 0 Å². The Balaban J connectivity index is 2.56. The maximum Gasteiger partial charge on any atom is 0.319 e. The number of halogens is 4. The first-order valence-corrected chi connectivity index (χ1v) is 4.84.